The van der Waals surface area contributed by atoms with E-state index in [1.54, 1.807) is 7.05 Å². The van der Waals surface area contributed by atoms with Crippen molar-refractivity contribution >= 4 is 11.6 Å². The van der Waals surface area contributed by atoms with Gasteiger partial charge in [-0.15, -0.1) is 0 Å². The van der Waals surface area contributed by atoms with Crippen molar-refractivity contribution in [3.63, 3.8) is 0 Å². The number of nitrogens with zero attached hydrogens (tertiary/aromatic N) is 3. The standard InChI is InChI=1S/C18H25N5O3/c1-18(2,3)16-22-15(23-26-16)11-20-17(19-4)21-12-6-7-13-14(10-12)25-9-5-8-24-13/h6-7,10H,5,8-9,11H2,1-4H3,(H2,19,20,21). The summed E-state index contributed by atoms with van der Waals surface area (Å²) in [5.41, 5.74) is 0.681. The Labute approximate surface area is 153 Å². The molecule has 0 saturated heterocycles. The summed E-state index contributed by atoms with van der Waals surface area (Å²) in [5.74, 6) is 3.28. The predicted octanol–water partition coefficient (Wildman–Crippen LogP) is 2.72. The molecule has 0 radical (unpaired) electrons. The molecule has 1 aromatic heterocycles. The van der Waals surface area contributed by atoms with Crippen LogP contribution in [-0.4, -0.2) is 36.4 Å². The Morgan fingerprint density at radius 2 is 1.96 bits per heavy atom. The number of anilines is 1. The maximum absolute atomic E-state index is 5.71. The summed E-state index contributed by atoms with van der Waals surface area (Å²) in [6, 6.07) is 5.72. The number of ether oxygens (including phenoxy) is 2. The van der Waals surface area contributed by atoms with Crippen molar-refractivity contribution in [2.24, 2.45) is 4.99 Å². The maximum atomic E-state index is 5.71. The van der Waals surface area contributed by atoms with E-state index in [1.807, 2.05) is 39.0 Å². The van der Waals surface area contributed by atoms with Gasteiger partial charge < -0.3 is 24.6 Å². The summed E-state index contributed by atoms with van der Waals surface area (Å²) < 4.78 is 16.7. The zero-order valence-corrected chi connectivity index (χ0v) is 15.6. The first-order valence-corrected chi connectivity index (χ1v) is 8.66. The fourth-order valence-electron chi connectivity index (χ4n) is 2.35. The van der Waals surface area contributed by atoms with E-state index in [4.69, 9.17) is 14.0 Å². The van der Waals surface area contributed by atoms with Gasteiger partial charge in [-0.25, -0.2) is 0 Å². The first kappa shape index (κ1) is 18.0. The van der Waals surface area contributed by atoms with Crippen LogP contribution in [0, 0.1) is 0 Å². The van der Waals surface area contributed by atoms with Crippen LogP contribution in [0.2, 0.25) is 0 Å². The van der Waals surface area contributed by atoms with Crippen molar-refractivity contribution in [1.29, 1.82) is 0 Å². The fourth-order valence-corrected chi connectivity index (χ4v) is 2.35. The van der Waals surface area contributed by atoms with Crippen LogP contribution < -0.4 is 20.1 Å². The van der Waals surface area contributed by atoms with Crippen LogP contribution in [0.5, 0.6) is 11.5 Å². The number of benzene rings is 1. The Bertz CT molecular complexity index is 779. The molecule has 2 N–H and O–H groups in total. The number of nitrogens with one attached hydrogen (secondary N) is 2. The smallest absolute Gasteiger partial charge is 0.232 e. The molecule has 0 fully saturated rings. The van der Waals surface area contributed by atoms with Gasteiger partial charge >= 0.3 is 0 Å². The van der Waals surface area contributed by atoms with Gasteiger partial charge in [0, 0.05) is 30.6 Å². The van der Waals surface area contributed by atoms with E-state index in [0.29, 0.717) is 37.4 Å². The van der Waals surface area contributed by atoms with E-state index >= 15 is 0 Å². The summed E-state index contributed by atoms with van der Waals surface area (Å²) in [6.45, 7) is 7.82. The van der Waals surface area contributed by atoms with Gasteiger partial charge in [-0.2, -0.15) is 4.98 Å². The van der Waals surface area contributed by atoms with E-state index in [9.17, 15) is 0 Å². The van der Waals surface area contributed by atoms with E-state index in [1.165, 1.54) is 0 Å². The Morgan fingerprint density at radius 3 is 2.65 bits per heavy atom. The van der Waals surface area contributed by atoms with Crippen LogP contribution in [0.4, 0.5) is 5.69 Å². The van der Waals surface area contributed by atoms with Gasteiger partial charge in [-0.3, -0.25) is 4.99 Å². The molecule has 0 spiro atoms. The highest BCUT2D eigenvalue weighted by atomic mass is 16.5. The number of hydrogen-bond acceptors (Lipinski definition) is 6. The molecular formula is C18H25N5O3. The maximum Gasteiger partial charge on any atom is 0.232 e. The highest BCUT2D eigenvalue weighted by molar-refractivity contribution is 5.93. The molecule has 1 aliphatic heterocycles. The molecule has 1 aliphatic rings. The third kappa shape index (κ3) is 4.44. The molecule has 140 valence electrons. The van der Waals surface area contributed by atoms with Crippen molar-refractivity contribution in [2.45, 2.75) is 39.2 Å². The minimum Gasteiger partial charge on any atom is -0.490 e. The summed E-state index contributed by atoms with van der Waals surface area (Å²) >= 11 is 0. The van der Waals surface area contributed by atoms with E-state index in [0.717, 1.165) is 23.6 Å². The molecular weight excluding hydrogens is 334 g/mol. The Hall–Kier alpha value is -2.77. The molecule has 3 rings (SSSR count). The minimum absolute atomic E-state index is 0.172. The number of aromatic nitrogens is 2. The molecule has 0 amide bonds. The van der Waals surface area contributed by atoms with Gasteiger partial charge in [0.1, 0.15) is 0 Å². The molecule has 0 aliphatic carbocycles. The van der Waals surface area contributed by atoms with E-state index < -0.39 is 0 Å². The van der Waals surface area contributed by atoms with Gasteiger partial charge in [0.25, 0.3) is 0 Å². The molecule has 26 heavy (non-hydrogen) atoms. The summed E-state index contributed by atoms with van der Waals surface area (Å²) in [4.78, 5) is 8.62. The third-order valence-electron chi connectivity index (χ3n) is 3.76. The average molecular weight is 359 g/mol. The Morgan fingerprint density at radius 1 is 1.19 bits per heavy atom. The van der Waals surface area contributed by atoms with Crippen molar-refractivity contribution in [2.75, 3.05) is 25.6 Å². The van der Waals surface area contributed by atoms with Gasteiger partial charge in [0.05, 0.1) is 19.8 Å². The first-order chi connectivity index (χ1) is 12.5. The van der Waals surface area contributed by atoms with Crippen LogP contribution in [-0.2, 0) is 12.0 Å². The molecule has 8 nitrogen and oxygen atoms in total. The summed E-state index contributed by atoms with van der Waals surface area (Å²) in [5, 5.41) is 10.4. The lowest BCUT2D eigenvalue weighted by molar-refractivity contribution is 0.297. The fraction of sp³-hybridized carbons (Fsp3) is 0.500. The quantitative estimate of drug-likeness (QED) is 0.643. The van der Waals surface area contributed by atoms with Gasteiger partial charge in [0.15, 0.2) is 23.3 Å². The summed E-state index contributed by atoms with van der Waals surface area (Å²) in [7, 11) is 1.70. The number of aliphatic imine (C=N–C) groups is 1. The predicted molar refractivity (Wildman–Crippen MR) is 98.9 cm³/mol. The first-order valence-electron chi connectivity index (χ1n) is 8.66. The number of guanidine groups is 1. The lowest BCUT2D eigenvalue weighted by atomic mass is 9.97. The van der Waals surface area contributed by atoms with Gasteiger partial charge in [-0.05, 0) is 12.1 Å². The van der Waals surface area contributed by atoms with Crippen LogP contribution in [0.1, 0.15) is 38.9 Å². The molecule has 8 heteroatoms. The second-order valence-corrected chi connectivity index (χ2v) is 7.03. The minimum atomic E-state index is -0.172. The molecule has 1 aromatic carbocycles. The zero-order valence-electron chi connectivity index (χ0n) is 15.6. The van der Waals surface area contributed by atoms with Crippen LogP contribution in [0.15, 0.2) is 27.7 Å². The van der Waals surface area contributed by atoms with Crippen molar-refractivity contribution in [3.8, 4) is 11.5 Å². The molecule has 0 unspecified atom stereocenters. The van der Waals surface area contributed by atoms with Crippen molar-refractivity contribution < 1.29 is 14.0 Å². The Balaban J connectivity index is 1.61. The van der Waals surface area contributed by atoms with Crippen LogP contribution in [0.25, 0.3) is 0 Å². The van der Waals surface area contributed by atoms with Gasteiger partial charge in [0.2, 0.25) is 5.89 Å². The van der Waals surface area contributed by atoms with Crippen LogP contribution >= 0.6 is 0 Å². The molecule has 0 atom stereocenters. The average Bonchev–Trinajstić information content (AvgIpc) is 2.97. The zero-order chi connectivity index (χ0) is 18.6. The molecule has 0 saturated carbocycles. The second kappa shape index (κ2) is 7.63. The SMILES string of the molecule is CN=C(NCc1noc(C(C)(C)C)n1)Nc1ccc2c(c1)OCCCO2. The van der Waals surface area contributed by atoms with Crippen LogP contribution in [0.3, 0.4) is 0 Å². The topological polar surface area (TPSA) is 93.8 Å². The monoisotopic (exact) mass is 359 g/mol. The van der Waals surface area contributed by atoms with Gasteiger partial charge in [-0.1, -0.05) is 25.9 Å². The third-order valence-corrected chi connectivity index (χ3v) is 3.76. The van der Waals surface area contributed by atoms with E-state index in [2.05, 4.69) is 25.8 Å². The van der Waals surface area contributed by atoms with Crippen molar-refractivity contribution in [1.82, 2.24) is 15.5 Å². The molecule has 0 bridgehead atoms. The lowest BCUT2D eigenvalue weighted by Gasteiger charge is -2.13. The summed E-state index contributed by atoms with van der Waals surface area (Å²) in [6.07, 6.45) is 0.877. The Kier molecular flexibility index (Phi) is 5.29. The number of hydrogen-bond donors (Lipinski definition) is 2. The highest BCUT2D eigenvalue weighted by Crippen LogP contribution is 2.32. The highest BCUT2D eigenvalue weighted by Gasteiger charge is 2.21. The number of fused-ring (bicyclic) bond motifs is 1. The molecule has 2 heterocycles. The van der Waals surface area contributed by atoms with Crippen molar-refractivity contribution in [3.05, 3.63) is 29.9 Å². The normalized spacial score (nSPS) is 14.7. The molecule has 2 aromatic rings. The lowest BCUT2D eigenvalue weighted by Crippen LogP contribution is -2.30. The second-order valence-electron chi connectivity index (χ2n) is 7.03. The van der Waals surface area contributed by atoms with E-state index in [-0.39, 0.29) is 5.41 Å². The largest absolute Gasteiger partial charge is 0.490 e. The number of rotatable bonds is 3.